The quantitative estimate of drug-likeness (QED) is 0.807. The fourth-order valence-electron chi connectivity index (χ4n) is 3.17. The summed E-state index contributed by atoms with van der Waals surface area (Å²) in [5.74, 6) is -0.836. The second kappa shape index (κ2) is 6.64. The number of amides is 2. The van der Waals surface area contributed by atoms with Gasteiger partial charge in [0.15, 0.2) is 0 Å². The van der Waals surface area contributed by atoms with Crippen molar-refractivity contribution in [3.05, 3.63) is 0 Å². The van der Waals surface area contributed by atoms with Crippen LogP contribution in [0, 0.1) is 0 Å². The van der Waals surface area contributed by atoms with E-state index in [0.717, 1.165) is 51.9 Å². The highest BCUT2D eigenvalue weighted by Crippen LogP contribution is 2.35. The van der Waals surface area contributed by atoms with Crippen LogP contribution in [0.3, 0.4) is 0 Å². The van der Waals surface area contributed by atoms with Crippen molar-refractivity contribution < 1.29 is 14.7 Å². The summed E-state index contributed by atoms with van der Waals surface area (Å²) in [7, 11) is 0. The van der Waals surface area contributed by atoms with Gasteiger partial charge < -0.3 is 15.3 Å². The monoisotopic (exact) mass is 297 g/mol. The summed E-state index contributed by atoms with van der Waals surface area (Å²) >= 11 is 0. The van der Waals surface area contributed by atoms with Crippen LogP contribution in [-0.2, 0) is 4.79 Å². The van der Waals surface area contributed by atoms with E-state index in [1.54, 1.807) is 0 Å². The molecule has 2 N–H and O–H groups in total. The van der Waals surface area contributed by atoms with Gasteiger partial charge in [0.25, 0.3) is 0 Å². The number of carboxylic acids is 1. The van der Waals surface area contributed by atoms with Gasteiger partial charge >= 0.3 is 12.0 Å². The van der Waals surface area contributed by atoms with Crippen LogP contribution < -0.4 is 5.32 Å². The first-order chi connectivity index (χ1) is 9.96. The summed E-state index contributed by atoms with van der Waals surface area (Å²) in [6, 6.07) is 0.458. The Morgan fingerprint density at radius 2 is 1.86 bits per heavy atom. The molecule has 2 rings (SSSR count). The van der Waals surface area contributed by atoms with E-state index in [0.29, 0.717) is 6.04 Å². The molecule has 6 nitrogen and oxygen atoms in total. The molecule has 21 heavy (non-hydrogen) atoms. The van der Waals surface area contributed by atoms with Crippen molar-refractivity contribution in [2.24, 2.45) is 0 Å². The molecule has 1 saturated carbocycles. The van der Waals surface area contributed by atoms with Crippen molar-refractivity contribution in [2.75, 3.05) is 26.2 Å². The average Bonchev–Trinajstić information content (AvgIpc) is 2.43. The van der Waals surface area contributed by atoms with Crippen LogP contribution >= 0.6 is 0 Å². The third kappa shape index (κ3) is 3.87. The molecule has 1 saturated heterocycles. The van der Waals surface area contributed by atoms with Crippen molar-refractivity contribution >= 4 is 12.0 Å². The molecule has 2 amide bonds. The van der Waals surface area contributed by atoms with Crippen molar-refractivity contribution in [1.29, 1.82) is 0 Å². The van der Waals surface area contributed by atoms with Gasteiger partial charge in [-0.05, 0) is 32.6 Å². The maximum Gasteiger partial charge on any atom is 0.317 e. The normalized spacial score (nSPS) is 23.2. The Bertz CT molecular complexity index is 388. The minimum Gasteiger partial charge on any atom is -0.481 e. The molecule has 2 fully saturated rings. The van der Waals surface area contributed by atoms with Crippen molar-refractivity contribution in [3.63, 3.8) is 0 Å². The largest absolute Gasteiger partial charge is 0.481 e. The van der Waals surface area contributed by atoms with Gasteiger partial charge in [-0.15, -0.1) is 0 Å². The SMILES string of the molecule is CCC(C)N1CCN(C(=O)NC2(CC(=O)O)CCC2)CC1. The summed E-state index contributed by atoms with van der Waals surface area (Å²) in [6.07, 6.45) is 3.70. The number of hydrogen-bond donors (Lipinski definition) is 2. The summed E-state index contributed by atoms with van der Waals surface area (Å²) in [5.41, 5.74) is -0.503. The minimum atomic E-state index is -0.836. The molecule has 0 radical (unpaired) electrons. The number of nitrogens with one attached hydrogen (secondary N) is 1. The zero-order valence-corrected chi connectivity index (χ0v) is 13.1. The Morgan fingerprint density at radius 1 is 1.24 bits per heavy atom. The highest BCUT2D eigenvalue weighted by atomic mass is 16.4. The predicted octanol–water partition coefficient (Wildman–Crippen LogP) is 1.51. The zero-order chi connectivity index (χ0) is 15.5. The lowest BCUT2D eigenvalue weighted by Gasteiger charge is -2.44. The van der Waals surface area contributed by atoms with Gasteiger partial charge in [-0.1, -0.05) is 6.92 Å². The van der Waals surface area contributed by atoms with E-state index in [4.69, 9.17) is 5.11 Å². The van der Waals surface area contributed by atoms with Gasteiger partial charge in [-0.3, -0.25) is 9.69 Å². The number of hydrogen-bond acceptors (Lipinski definition) is 3. The first-order valence-electron chi connectivity index (χ1n) is 7.99. The van der Waals surface area contributed by atoms with E-state index in [1.807, 2.05) is 4.90 Å². The smallest absolute Gasteiger partial charge is 0.317 e. The Balaban J connectivity index is 1.83. The lowest BCUT2D eigenvalue weighted by Crippen LogP contribution is -2.61. The van der Waals surface area contributed by atoms with Gasteiger partial charge in [0, 0.05) is 32.2 Å². The van der Waals surface area contributed by atoms with Crippen LogP contribution in [-0.4, -0.2) is 64.7 Å². The van der Waals surface area contributed by atoms with E-state index in [9.17, 15) is 9.59 Å². The molecule has 6 heteroatoms. The number of urea groups is 1. The first-order valence-corrected chi connectivity index (χ1v) is 7.99. The molecular formula is C15H27N3O3. The number of carbonyl (C=O) groups is 2. The van der Waals surface area contributed by atoms with E-state index >= 15 is 0 Å². The Morgan fingerprint density at radius 3 is 2.29 bits per heavy atom. The van der Waals surface area contributed by atoms with Gasteiger partial charge in [-0.2, -0.15) is 0 Å². The van der Waals surface area contributed by atoms with E-state index in [-0.39, 0.29) is 12.5 Å². The summed E-state index contributed by atoms with van der Waals surface area (Å²) in [6.45, 7) is 7.63. The van der Waals surface area contributed by atoms with Crippen molar-refractivity contribution in [2.45, 2.75) is 57.5 Å². The molecule has 1 atom stereocenters. The van der Waals surface area contributed by atoms with Gasteiger partial charge in [0.1, 0.15) is 0 Å². The third-order valence-electron chi connectivity index (χ3n) is 4.99. The molecular weight excluding hydrogens is 270 g/mol. The topological polar surface area (TPSA) is 72.9 Å². The first kappa shape index (κ1) is 16.1. The fraction of sp³-hybridized carbons (Fsp3) is 0.867. The molecule has 1 heterocycles. The van der Waals surface area contributed by atoms with Gasteiger partial charge in [0.2, 0.25) is 0 Å². The number of carboxylic acid groups (broad SMARTS) is 1. The molecule has 120 valence electrons. The van der Waals surface area contributed by atoms with E-state index in [2.05, 4.69) is 24.1 Å². The number of piperazine rings is 1. The number of aliphatic carboxylic acids is 1. The molecule has 0 aromatic heterocycles. The fourth-order valence-corrected chi connectivity index (χ4v) is 3.17. The average molecular weight is 297 g/mol. The van der Waals surface area contributed by atoms with Gasteiger partial charge in [-0.25, -0.2) is 4.79 Å². The second-order valence-corrected chi connectivity index (χ2v) is 6.41. The second-order valence-electron chi connectivity index (χ2n) is 6.41. The molecule has 0 bridgehead atoms. The maximum absolute atomic E-state index is 12.3. The lowest BCUT2D eigenvalue weighted by molar-refractivity contribution is -0.139. The van der Waals surface area contributed by atoms with Crippen LogP contribution in [0.1, 0.15) is 46.0 Å². The molecule has 0 spiro atoms. The summed E-state index contributed by atoms with van der Waals surface area (Å²) < 4.78 is 0. The van der Waals surface area contributed by atoms with Crippen LogP contribution in [0.2, 0.25) is 0 Å². The molecule has 2 aliphatic rings. The highest BCUT2D eigenvalue weighted by molar-refractivity contribution is 5.77. The van der Waals surface area contributed by atoms with Crippen LogP contribution in [0.5, 0.6) is 0 Å². The lowest BCUT2D eigenvalue weighted by atomic mass is 9.74. The number of nitrogens with zero attached hydrogens (tertiary/aromatic N) is 2. The summed E-state index contributed by atoms with van der Waals surface area (Å²) in [5, 5.41) is 12.0. The number of rotatable bonds is 5. The highest BCUT2D eigenvalue weighted by Gasteiger charge is 2.41. The summed E-state index contributed by atoms with van der Waals surface area (Å²) in [4.78, 5) is 27.5. The van der Waals surface area contributed by atoms with E-state index < -0.39 is 11.5 Å². The molecule has 1 aliphatic heterocycles. The molecule has 0 aromatic rings. The number of carbonyl (C=O) groups excluding carboxylic acids is 1. The molecule has 0 aromatic carbocycles. The Kier molecular flexibility index (Phi) is 5.08. The van der Waals surface area contributed by atoms with Crippen LogP contribution in [0.25, 0.3) is 0 Å². The molecule has 1 aliphatic carbocycles. The minimum absolute atomic E-state index is 0.0333. The van der Waals surface area contributed by atoms with Crippen molar-refractivity contribution in [3.8, 4) is 0 Å². The van der Waals surface area contributed by atoms with Crippen molar-refractivity contribution in [1.82, 2.24) is 15.1 Å². The van der Waals surface area contributed by atoms with E-state index in [1.165, 1.54) is 0 Å². The molecule has 1 unspecified atom stereocenters. The standard InChI is InChI=1S/C15H27N3O3/c1-3-12(2)17-7-9-18(10-8-17)14(21)16-15(5-4-6-15)11-13(19)20/h12H,3-11H2,1-2H3,(H,16,21)(H,19,20). The van der Waals surface area contributed by atoms with Gasteiger partial charge in [0.05, 0.1) is 12.0 Å². The van der Waals surface area contributed by atoms with Crippen LogP contribution in [0.4, 0.5) is 4.79 Å². The zero-order valence-electron chi connectivity index (χ0n) is 13.1. The maximum atomic E-state index is 12.3. The Hall–Kier alpha value is -1.30. The Labute approximate surface area is 126 Å². The predicted molar refractivity (Wildman–Crippen MR) is 80.3 cm³/mol. The van der Waals surface area contributed by atoms with Crippen LogP contribution in [0.15, 0.2) is 0 Å². The third-order valence-corrected chi connectivity index (χ3v) is 4.99.